The molecule has 18 nitrogen and oxygen atoms in total. The van der Waals surface area contributed by atoms with Gasteiger partial charge in [-0.15, -0.1) is 0 Å². The molecular formula is C25H30F2N8O10P2S2. The fraction of sp³-hybridized carbons (Fsp3) is 0.560. The topological polar surface area (TPSA) is 216 Å². The third kappa shape index (κ3) is 6.69. The minimum Gasteiger partial charge on any atom is -0.387 e. The number of aliphatic hydroxyl groups is 1. The first-order valence-corrected chi connectivity index (χ1v) is 20.0. The molecule has 49 heavy (non-hydrogen) atoms. The molecule has 0 saturated carbocycles. The molecule has 24 heteroatoms. The first kappa shape index (κ1) is 34.9. The van der Waals surface area contributed by atoms with Crippen LogP contribution in [-0.4, -0.2) is 94.6 Å². The van der Waals surface area contributed by atoms with Crippen molar-refractivity contribution < 1.29 is 50.6 Å². The van der Waals surface area contributed by atoms with Crippen LogP contribution in [0.4, 0.5) is 14.6 Å². The third-order valence-electron chi connectivity index (χ3n) is 7.86. The first-order valence-electron chi connectivity index (χ1n) is 14.7. The highest BCUT2D eigenvalue weighted by Gasteiger charge is 2.54. The molecule has 4 aromatic rings. The van der Waals surface area contributed by atoms with E-state index in [1.54, 1.807) is 0 Å². The van der Waals surface area contributed by atoms with E-state index in [2.05, 4.69) is 54.7 Å². The fourth-order valence-corrected chi connectivity index (χ4v) is 8.74. The van der Waals surface area contributed by atoms with E-state index in [1.165, 1.54) is 17.2 Å². The Labute approximate surface area is 285 Å². The molecule has 10 atom stereocenters. The maximum atomic E-state index is 16.3. The summed E-state index contributed by atoms with van der Waals surface area (Å²) in [6, 6.07) is 0. The number of halogens is 2. The Kier molecular flexibility index (Phi) is 9.00. The molecule has 0 spiro atoms. The van der Waals surface area contributed by atoms with Gasteiger partial charge in [-0.1, -0.05) is 24.5 Å². The Bertz CT molecular complexity index is 2060. The molecule has 266 valence electrons. The highest BCUT2D eigenvalue weighted by Crippen LogP contribution is 2.60. The highest BCUT2D eigenvalue weighted by molar-refractivity contribution is 8.44. The molecule has 2 unspecified atom stereocenters. The molecule has 7 rings (SSSR count). The van der Waals surface area contributed by atoms with E-state index in [4.69, 9.17) is 27.6 Å². The number of ether oxygens (including phenoxy) is 2. The summed E-state index contributed by atoms with van der Waals surface area (Å²) in [4.78, 5) is 31.3. The summed E-state index contributed by atoms with van der Waals surface area (Å²) in [7, 11) is 0. The van der Waals surface area contributed by atoms with Gasteiger partial charge in [0.2, 0.25) is 0 Å². The highest BCUT2D eigenvalue weighted by atomic mass is 32.7. The van der Waals surface area contributed by atoms with Crippen LogP contribution < -0.4 is 10.9 Å². The molecule has 7 heterocycles. The number of hydrogen-bond acceptors (Lipinski definition) is 15. The second kappa shape index (κ2) is 12.6. The van der Waals surface area contributed by atoms with E-state index < -0.39 is 92.7 Å². The first-order chi connectivity index (χ1) is 23.0. The zero-order valence-electron chi connectivity index (χ0n) is 25.7. The van der Waals surface area contributed by atoms with Crippen molar-refractivity contribution in [1.29, 1.82) is 0 Å². The quantitative estimate of drug-likeness (QED) is 0.149. The van der Waals surface area contributed by atoms with Crippen molar-refractivity contribution in [2.45, 2.75) is 75.5 Å². The van der Waals surface area contributed by atoms with E-state index in [0.29, 0.717) is 11.3 Å². The molecule has 3 saturated heterocycles. The number of alkyl halides is 1. The molecule has 3 aliphatic heterocycles. The molecule has 3 fully saturated rings. The summed E-state index contributed by atoms with van der Waals surface area (Å²) in [5, 5.41) is 13.9. The molecule has 0 amide bonds. The van der Waals surface area contributed by atoms with Gasteiger partial charge in [0.05, 0.1) is 25.9 Å². The standard InChI is InChI=1S/C25H30F2N8O10P2S2/c1-25(2,3)33-19-15-21(30-7-28-19)35(9-32-15)23-14(27)17-12(43-23)6-41-47(39,49)45-18-16(36)11(5-40-46(38,48)44-17)42-24(18)34-4-10(26)13-20(34)29-8-31-22(13)37/h4,7-9,11-12,14,16-18,23-24,36H,5-6H2,1-3H3,(H,38,48)(H,39,49)(H,28,30,33)(H,29,31,37)/t11-,12-,14-,16-,17-,18-,23-,24-,46?,47?/m1/s1. The molecule has 2 bridgehead atoms. The second-order valence-electron chi connectivity index (χ2n) is 12.5. The van der Waals surface area contributed by atoms with E-state index in [1.807, 2.05) is 20.8 Å². The van der Waals surface area contributed by atoms with Crippen molar-refractivity contribution in [3.63, 3.8) is 0 Å². The number of imidazole rings is 1. The van der Waals surface area contributed by atoms with Crippen molar-refractivity contribution >= 4 is 66.1 Å². The molecular weight excluding hydrogens is 736 g/mol. The SMILES string of the molecule is CC(C)(C)Nc1ncnc2c1ncn2[C@@H]1O[C@@H]2COP(=O)(S)O[C@@H]3[C@H](O)[C@@H](COP(=O)(S)O[C@H]2[C@H]1F)O[C@H]3n1cc(F)c2c(=O)[nH]cnc21. The fourth-order valence-electron chi connectivity index (χ4n) is 5.80. The maximum absolute atomic E-state index is 16.3. The third-order valence-corrected chi connectivity index (χ3v) is 11.1. The second-order valence-corrected chi connectivity index (χ2v) is 18.2. The zero-order valence-corrected chi connectivity index (χ0v) is 29.3. The maximum Gasteiger partial charge on any atom is 0.386 e. The average molecular weight is 767 g/mol. The van der Waals surface area contributed by atoms with Gasteiger partial charge in [0.15, 0.2) is 47.1 Å². The van der Waals surface area contributed by atoms with Gasteiger partial charge in [-0.2, -0.15) is 0 Å². The van der Waals surface area contributed by atoms with Gasteiger partial charge < -0.3 is 29.4 Å². The van der Waals surface area contributed by atoms with E-state index >= 15 is 4.39 Å². The monoisotopic (exact) mass is 766 g/mol. The van der Waals surface area contributed by atoms with E-state index in [9.17, 15) is 23.4 Å². The lowest BCUT2D eigenvalue weighted by Gasteiger charge is -2.26. The Morgan fingerprint density at radius 1 is 0.980 bits per heavy atom. The summed E-state index contributed by atoms with van der Waals surface area (Å²) in [6.07, 6.45) is -8.21. The predicted molar refractivity (Wildman–Crippen MR) is 173 cm³/mol. The van der Waals surface area contributed by atoms with Gasteiger partial charge in [-0.3, -0.25) is 27.5 Å². The average Bonchev–Trinajstić information content (AvgIpc) is 3.75. The number of hydrogen-bond donors (Lipinski definition) is 5. The van der Waals surface area contributed by atoms with Crippen LogP contribution in [0.15, 0.2) is 30.0 Å². The number of nitrogens with one attached hydrogen (secondary N) is 2. The number of rotatable bonds is 3. The summed E-state index contributed by atoms with van der Waals surface area (Å²) in [6.45, 7) is -4.53. The van der Waals surface area contributed by atoms with Crippen LogP contribution in [0.25, 0.3) is 22.2 Å². The largest absolute Gasteiger partial charge is 0.387 e. The Morgan fingerprint density at radius 3 is 2.37 bits per heavy atom. The number of H-pyrrole nitrogens is 1. The van der Waals surface area contributed by atoms with Gasteiger partial charge in [-0.25, -0.2) is 37.8 Å². The minimum absolute atomic E-state index is 0.186. The van der Waals surface area contributed by atoms with Crippen molar-refractivity contribution in [3.8, 4) is 0 Å². The number of aromatic amines is 1. The molecule has 3 aliphatic rings. The number of thiol groups is 2. The van der Waals surface area contributed by atoms with Crippen molar-refractivity contribution in [1.82, 2.24) is 34.1 Å². The molecule has 0 aromatic carbocycles. The molecule has 4 aromatic heterocycles. The van der Waals surface area contributed by atoms with Crippen molar-refractivity contribution in [2.75, 3.05) is 18.5 Å². The predicted octanol–water partition coefficient (Wildman–Crippen LogP) is 3.30. The lowest BCUT2D eigenvalue weighted by Crippen LogP contribution is -2.35. The number of aromatic nitrogens is 7. The van der Waals surface area contributed by atoms with Gasteiger partial charge in [0, 0.05) is 11.7 Å². The Balaban J connectivity index is 1.19. The lowest BCUT2D eigenvalue weighted by molar-refractivity contribution is -0.0568. The number of nitrogens with zero attached hydrogens (tertiary/aromatic N) is 6. The zero-order chi connectivity index (χ0) is 35.0. The Morgan fingerprint density at radius 2 is 1.65 bits per heavy atom. The normalized spacial score (nSPS) is 35.9. The van der Waals surface area contributed by atoms with Crippen LogP contribution in [0.2, 0.25) is 0 Å². The van der Waals surface area contributed by atoms with Gasteiger partial charge in [0.25, 0.3) is 5.56 Å². The molecule has 3 N–H and O–H groups in total. The van der Waals surface area contributed by atoms with Gasteiger partial charge >= 0.3 is 13.6 Å². The van der Waals surface area contributed by atoms with Crippen molar-refractivity contribution in [3.05, 3.63) is 41.3 Å². The van der Waals surface area contributed by atoms with Crippen LogP contribution in [0, 0.1) is 5.82 Å². The van der Waals surface area contributed by atoms with Crippen LogP contribution >= 0.6 is 38.1 Å². The Hall–Kier alpha value is -2.49. The smallest absolute Gasteiger partial charge is 0.386 e. The summed E-state index contributed by atoms with van der Waals surface area (Å²) in [5.41, 5.74) is -0.835. The van der Waals surface area contributed by atoms with Gasteiger partial charge in [-0.05, 0) is 20.8 Å². The number of fused-ring (bicyclic) bond motifs is 5. The van der Waals surface area contributed by atoms with Crippen LogP contribution in [0.1, 0.15) is 33.2 Å². The lowest BCUT2D eigenvalue weighted by atomic mass is 10.1. The van der Waals surface area contributed by atoms with Crippen LogP contribution in [-0.2, 0) is 36.7 Å². The van der Waals surface area contributed by atoms with Crippen molar-refractivity contribution in [2.24, 2.45) is 0 Å². The summed E-state index contributed by atoms with van der Waals surface area (Å²) in [5.74, 6) is -0.573. The minimum atomic E-state index is -4.48. The molecule has 0 radical (unpaired) electrons. The van der Waals surface area contributed by atoms with E-state index in [-0.39, 0.29) is 16.8 Å². The number of aliphatic hydroxyl groups excluding tert-OH is 1. The van der Waals surface area contributed by atoms with Gasteiger partial charge in [0.1, 0.15) is 42.2 Å². The number of anilines is 1. The van der Waals surface area contributed by atoms with Crippen LogP contribution in [0.3, 0.4) is 0 Å². The summed E-state index contributed by atoms with van der Waals surface area (Å²) < 4.78 is 94.4. The van der Waals surface area contributed by atoms with Crippen LogP contribution in [0.5, 0.6) is 0 Å². The molecule has 0 aliphatic carbocycles. The summed E-state index contributed by atoms with van der Waals surface area (Å²) >= 11 is 8.07. The van der Waals surface area contributed by atoms with E-state index in [0.717, 1.165) is 17.1 Å².